The number of fused-ring (bicyclic) bond motifs is 1. The van der Waals surface area contributed by atoms with E-state index in [1.165, 1.54) is 5.39 Å². The van der Waals surface area contributed by atoms with E-state index in [9.17, 15) is 4.79 Å². The predicted molar refractivity (Wildman–Crippen MR) is 123 cm³/mol. The maximum Gasteiger partial charge on any atom is 0.227 e. The maximum absolute atomic E-state index is 13.4. The van der Waals surface area contributed by atoms with Crippen LogP contribution >= 0.6 is 0 Å². The van der Waals surface area contributed by atoms with Crippen molar-refractivity contribution in [1.82, 2.24) is 4.90 Å². The van der Waals surface area contributed by atoms with Crippen molar-refractivity contribution in [1.29, 1.82) is 0 Å². The molecule has 4 heteroatoms. The van der Waals surface area contributed by atoms with E-state index in [-0.39, 0.29) is 12.0 Å². The molecule has 1 atom stereocenters. The topological polar surface area (TPSA) is 32.8 Å². The number of carbonyl (C=O) groups is 1. The van der Waals surface area contributed by atoms with Crippen LogP contribution in [0.25, 0.3) is 10.8 Å². The Kier molecular flexibility index (Phi) is 6.34. The number of hydrogen-bond acceptors (Lipinski definition) is 3. The van der Waals surface area contributed by atoms with Crippen molar-refractivity contribution >= 4 is 22.4 Å². The largest absolute Gasteiger partial charge is 0.378 e. The van der Waals surface area contributed by atoms with Crippen LogP contribution in [0.3, 0.4) is 0 Å². The summed E-state index contributed by atoms with van der Waals surface area (Å²) in [7, 11) is 4.07. The van der Waals surface area contributed by atoms with Gasteiger partial charge in [0.05, 0.1) is 12.5 Å². The van der Waals surface area contributed by atoms with Gasteiger partial charge in [0.1, 0.15) is 0 Å². The van der Waals surface area contributed by atoms with Crippen molar-refractivity contribution in [2.75, 3.05) is 32.1 Å². The van der Waals surface area contributed by atoms with E-state index in [0.29, 0.717) is 19.5 Å². The summed E-state index contributed by atoms with van der Waals surface area (Å²) in [5.41, 5.74) is 3.38. The van der Waals surface area contributed by atoms with Crippen LogP contribution in [0.5, 0.6) is 0 Å². The summed E-state index contributed by atoms with van der Waals surface area (Å²) >= 11 is 0. The van der Waals surface area contributed by atoms with E-state index in [2.05, 4.69) is 53.4 Å². The Morgan fingerprint density at radius 3 is 2.50 bits per heavy atom. The highest BCUT2D eigenvalue weighted by Gasteiger charge is 2.23. The molecule has 0 N–H and O–H groups in total. The monoisotopic (exact) mass is 402 g/mol. The van der Waals surface area contributed by atoms with Crippen LogP contribution in [-0.2, 0) is 22.5 Å². The molecule has 1 aliphatic rings. The van der Waals surface area contributed by atoms with E-state index >= 15 is 0 Å². The standard InChI is InChI=1S/C26H30N2O2/c1-27(2)23-14-12-20(13-15-23)18-28(19-24-10-6-16-30-24)26(29)17-22-9-5-8-21-7-3-4-11-25(21)22/h3-5,7-9,11-15,24H,6,10,16-19H2,1-2H3/t24-/m0/s1. The molecule has 1 saturated heterocycles. The highest BCUT2D eigenvalue weighted by atomic mass is 16.5. The van der Waals surface area contributed by atoms with Crippen LogP contribution in [0, 0.1) is 0 Å². The predicted octanol–water partition coefficient (Wildman–Crippen LogP) is 4.66. The zero-order valence-electron chi connectivity index (χ0n) is 17.9. The molecular formula is C26H30N2O2. The Hall–Kier alpha value is -2.85. The molecule has 0 bridgehead atoms. The Balaban J connectivity index is 1.54. The van der Waals surface area contributed by atoms with Gasteiger partial charge < -0.3 is 14.5 Å². The lowest BCUT2D eigenvalue weighted by molar-refractivity contribution is -0.132. The molecule has 0 unspecified atom stereocenters. The summed E-state index contributed by atoms with van der Waals surface area (Å²) < 4.78 is 5.84. The van der Waals surface area contributed by atoms with E-state index in [4.69, 9.17) is 4.74 Å². The second kappa shape index (κ2) is 9.31. The Morgan fingerprint density at radius 1 is 1.00 bits per heavy atom. The van der Waals surface area contributed by atoms with Crippen LogP contribution < -0.4 is 4.90 Å². The zero-order chi connectivity index (χ0) is 20.9. The van der Waals surface area contributed by atoms with Crippen LogP contribution in [0.1, 0.15) is 24.0 Å². The molecule has 4 rings (SSSR count). The molecule has 30 heavy (non-hydrogen) atoms. The third-order valence-electron chi connectivity index (χ3n) is 5.85. The molecule has 3 aromatic carbocycles. The van der Waals surface area contributed by atoms with E-state index in [1.807, 2.05) is 37.2 Å². The molecule has 0 saturated carbocycles. The third kappa shape index (κ3) is 4.82. The quantitative estimate of drug-likeness (QED) is 0.576. The van der Waals surface area contributed by atoms with Gasteiger partial charge in [-0.3, -0.25) is 4.79 Å². The number of nitrogens with zero attached hydrogens (tertiary/aromatic N) is 2. The van der Waals surface area contributed by atoms with Gasteiger partial charge in [0, 0.05) is 39.5 Å². The molecule has 1 fully saturated rings. The van der Waals surface area contributed by atoms with Crippen molar-refractivity contribution < 1.29 is 9.53 Å². The van der Waals surface area contributed by atoms with Crippen molar-refractivity contribution in [3.05, 3.63) is 77.9 Å². The Labute approximate surface area is 179 Å². The first-order chi connectivity index (χ1) is 14.6. The normalized spacial score (nSPS) is 16.0. The number of anilines is 1. The number of carbonyl (C=O) groups excluding carboxylic acids is 1. The first-order valence-corrected chi connectivity index (χ1v) is 10.7. The minimum Gasteiger partial charge on any atom is -0.378 e. The molecular weight excluding hydrogens is 372 g/mol. The Bertz CT molecular complexity index is 986. The highest BCUT2D eigenvalue weighted by Crippen LogP contribution is 2.22. The minimum atomic E-state index is 0.141. The van der Waals surface area contributed by atoms with Crippen molar-refractivity contribution in [2.45, 2.75) is 31.9 Å². The molecule has 1 aliphatic heterocycles. The minimum absolute atomic E-state index is 0.141. The number of rotatable bonds is 7. The van der Waals surface area contributed by atoms with Gasteiger partial charge in [-0.1, -0.05) is 54.6 Å². The molecule has 0 aliphatic carbocycles. The molecule has 1 amide bonds. The van der Waals surface area contributed by atoms with Gasteiger partial charge in [0.2, 0.25) is 5.91 Å². The molecule has 1 heterocycles. The van der Waals surface area contributed by atoms with Gasteiger partial charge in [0.25, 0.3) is 0 Å². The smallest absolute Gasteiger partial charge is 0.227 e. The van der Waals surface area contributed by atoms with Crippen LogP contribution in [0.15, 0.2) is 66.7 Å². The van der Waals surface area contributed by atoms with Gasteiger partial charge in [-0.2, -0.15) is 0 Å². The van der Waals surface area contributed by atoms with E-state index in [1.54, 1.807) is 0 Å². The second-order valence-corrected chi connectivity index (χ2v) is 8.29. The lowest BCUT2D eigenvalue weighted by Crippen LogP contribution is -2.37. The highest BCUT2D eigenvalue weighted by molar-refractivity contribution is 5.90. The lowest BCUT2D eigenvalue weighted by atomic mass is 10.0. The van der Waals surface area contributed by atoms with Gasteiger partial charge in [-0.25, -0.2) is 0 Å². The van der Waals surface area contributed by atoms with Crippen molar-refractivity contribution in [3.63, 3.8) is 0 Å². The summed E-state index contributed by atoms with van der Waals surface area (Å²) in [6.45, 7) is 2.06. The summed E-state index contributed by atoms with van der Waals surface area (Å²) in [6.07, 6.45) is 2.65. The fourth-order valence-corrected chi connectivity index (χ4v) is 4.13. The summed E-state index contributed by atoms with van der Waals surface area (Å²) in [5, 5.41) is 2.33. The third-order valence-corrected chi connectivity index (χ3v) is 5.85. The number of ether oxygens (including phenoxy) is 1. The number of amides is 1. The van der Waals surface area contributed by atoms with Crippen LogP contribution in [0.4, 0.5) is 5.69 Å². The summed E-state index contributed by atoms with van der Waals surface area (Å²) in [4.78, 5) is 17.4. The lowest BCUT2D eigenvalue weighted by Gasteiger charge is -2.26. The van der Waals surface area contributed by atoms with Crippen molar-refractivity contribution in [2.24, 2.45) is 0 Å². The molecule has 0 radical (unpaired) electrons. The van der Waals surface area contributed by atoms with Crippen molar-refractivity contribution in [3.8, 4) is 0 Å². The van der Waals surface area contributed by atoms with Crippen LogP contribution in [0.2, 0.25) is 0 Å². The fourth-order valence-electron chi connectivity index (χ4n) is 4.13. The number of benzene rings is 3. The fraction of sp³-hybridized carbons (Fsp3) is 0.346. The molecule has 156 valence electrons. The molecule has 4 nitrogen and oxygen atoms in total. The molecule has 0 spiro atoms. The van der Waals surface area contributed by atoms with Crippen LogP contribution in [-0.4, -0.2) is 44.2 Å². The average Bonchev–Trinajstić information content (AvgIpc) is 3.27. The van der Waals surface area contributed by atoms with Gasteiger partial charge >= 0.3 is 0 Å². The second-order valence-electron chi connectivity index (χ2n) is 8.29. The number of hydrogen-bond donors (Lipinski definition) is 0. The summed E-state index contributed by atoms with van der Waals surface area (Å²) in [6, 6.07) is 22.9. The van der Waals surface area contributed by atoms with Gasteiger partial charge in [0.15, 0.2) is 0 Å². The molecule has 3 aromatic rings. The zero-order valence-corrected chi connectivity index (χ0v) is 17.9. The maximum atomic E-state index is 13.4. The summed E-state index contributed by atoms with van der Waals surface area (Å²) in [5.74, 6) is 0.151. The average molecular weight is 403 g/mol. The Morgan fingerprint density at radius 2 is 1.77 bits per heavy atom. The van der Waals surface area contributed by atoms with Gasteiger partial charge in [-0.05, 0) is 46.9 Å². The molecule has 0 aromatic heterocycles. The first kappa shape index (κ1) is 20.4. The van der Waals surface area contributed by atoms with E-state index < -0.39 is 0 Å². The SMILES string of the molecule is CN(C)c1ccc(CN(C[C@@H]2CCCO2)C(=O)Cc2cccc3ccccc23)cc1. The van der Waals surface area contributed by atoms with E-state index in [0.717, 1.165) is 41.6 Å². The first-order valence-electron chi connectivity index (χ1n) is 10.7. The van der Waals surface area contributed by atoms with Gasteiger partial charge in [-0.15, -0.1) is 0 Å².